The van der Waals surface area contributed by atoms with Gasteiger partial charge in [-0.05, 0) is 56.6 Å². The Kier molecular flexibility index (Phi) is 7.02. The minimum atomic E-state index is -0.400. The molecule has 3 heterocycles. The van der Waals surface area contributed by atoms with Crippen LogP contribution in [-0.2, 0) is 11.8 Å². The summed E-state index contributed by atoms with van der Waals surface area (Å²) < 4.78 is 20.5. The summed E-state index contributed by atoms with van der Waals surface area (Å²) >= 11 is 0. The van der Waals surface area contributed by atoms with Gasteiger partial charge in [-0.3, -0.25) is 18.7 Å². The number of amides is 2. The van der Waals surface area contributed by atoms with Crippen LogP contribution in [0.25, 0.3) is 0 Å². The maximum atomic E-state index is 13.1. The molecule has 1 saturated carbocycles. The third kappa shape index (κ3) is 5.08. The van der Waals surface area contributed by atoms with E-state index in [0.29, 0.717) is 18.2 Å². The highest BCUT2D eigenvalue weighted by atomic mass is 19.1. The lowest BCUT2D eigenvalue weighted by Crippen LogP contribution is -2.43. The van der Waals surface area contributed by atoms with Crippen molar-refractivity contribution in [3.05, 3.63) is 36.3 Å². The van der Waals surface area contributed by atoms with Gasteiger partial charge < -0.3 is 15.0 Å². The van der Waals surface area contributed by atoms with Crippen molar-refractivity contribution in [1.29, 1.82) is 0 Å². The van der Waals surface area contributed by atoms with Gasteiger partial charge in [-0.1, -0.05) is 0 Å². The second-order valence-corrected chi connectivity index (χ2v) is 8.69. The Balaban J connectivity index is 1.37. The maximum Gasteiger partial charge on any atom is 0.279 e. The number of aromatic nitrogens is 3. The van der Waals surface area contributed by atoms with E-state index in [1.165, 1.54) is 0 Å². The molecule has 2 aliphatic rings. The minimum absolute atomic E-state index is 0.0171. The number of hydrogen-bond donors (Lipinski definition) is 1. The SMILES string of the molecule is Cn1ccc(NC(=O)c2ncccc2OC[C@@H]2CCCN2C(=O)[C@H]2CC[C@H](CF)CC2)n1. The van der Waals surface area contributed by atoms with Crippen LogP contribution in [0.3, 0.4) is 0 Å². The van der Waals surface area contributed by atoms with Gasteiger partial charge in [0.25, 0.3) is 5.91 Å². The first-order chi connectivity index (χ1) is 15.5. The van der Waals surface area contributed by atoms with Crippen LogP contribution in [-0.4, -0.2) is 57.3 Å². The van der Waals surface area contributed by atoms with Crippen LogP contribution in [0.2, 0.25) is 0 Å². The minimum Gasteiger partial charge on any atom is -0.489 e. The van der Waals surface area contributed by atoms with E-state index in [9.17, 15) is 14.0 Å². The number of pyridine rings is 1. The number of likely N-dealkylation sites (tertiary alicyclic amines) is 1. The number of aryl methyl sites for hydroxylation is 1. The van der Waals surface area contributed by atoms with E-state index in [0.717, 1.165) is 45.1 Å². The Morgan fingerprint density at radius 2 is 2.03 bits per heavy atom. The van der Waals surface area contributed by atoms with Crippen molar-refractivity contribution in [2.75, 3.05) is 25.1 Å². The van der Waals surface area contributed by atoms with Gasteiger partial charge in [0.05, 0.1) is 12.7 Å². The monoisotopic (exact) mass is 443 g/mol. The standard InChI is InChI=1S/C23H30FN5O3/c1-28-13-10-20(27-28)26-22(30)21-19(5-2-11-25-21)32-15-18-4-3-12-29(18)23(31)17-8-6-16(14-24)7-9-17/h2,5,10-11,13,16-18H,3-4,6-9,12,14-15H2,1H3,(H,26,27,30)/t16-,17-,18-/m0/s1. The highest BCUT2D eigenvalue weighted by Gasteiger charge is 2.35. The van der Waals surface area contributed by atoms with Gasteiger partial charge in [0.1, 0.15) is 6.61 Å². The first-order valence-electron chi connectivity index (χ1n) is 11.3. The van der Waals surface area contributed by atoms with E-state index in [4.69, 9.17) is 4.74 Å². The molecular weight excluding hydrogens is 413 g/mol. The van der Waals surface area contributed by atoms with E-state index in [-0.39, 0.29) is 36.2 Å². The van der Waals surface area contributed by atoms with Gasteiger partial charge in [-0.2, -0.15) is 5.10 Å². The van der Waals surface area contributed by atoms with Crippen LogP contribution in [0.15, 0.2) is 30.6 Å². The molecule has 2 aromatic rings. The molecule has 4 rings (SSSR count). The molecule has 1 aliphatic carbocycles. The number of anilines is 1. The lowest BCUT2D eigenvalue weighted by Gasteiger charge is -2.32. The normalized spacial score (nSPS) is 23.2. The molecule has 1 saturated heterocycles. The fourth-order valence-electron chi connectivity index (χ4n) is 4.62. The van der Waals surface area contributed by atoms with Gasteiger partial charge in [0, 0.05) is 38.0 Å². The third-order valence-electron chi connectivity index (χ3n) is 6.45. The average molecular weight is 444 g/mol. The van der Waals surface area contributed by atoms with Crippen molar-refractivity contribution in [1.82, 2.24) is 19.7 Å². The first kappa shape index (κ1) is 22.2. The summed E-state index contributed by atoms with van der Waals surface area (Å²) in [5, 5.41) is 6.87. The zero-order valence-electron chi connectivity index (χ0n) is 18.4. The number of hydrogen-bond acceptors (Lipinski definition) is 5. The van der Waals surface area contributed by atoms with Crippen LogP contribution in [0.5, 0.6) is 5.75 Å². The highest BCUT2D eigenvalue weighted by Crippen LogP contribution is 2.32. The Labute approximate surface area is 187 Å². The largest absolute Gasteiger partial charge is 0.489 e. The van der Waals surface area contributed by atoms with Crippen molar-refractivity contribution in [3.8, 4) is 5.75 Å². The van der Waals surface area contributed by atoms with Gasteiger partial charge in [-0.25, -0.2) is 4.98 Å². The molecule has 1 atom stereocenters. The summed E-state index contributed by atoms with van der Waals surface area (Å²) in [7, 11) is 1.77. The second-order valence-electron chi connectivity index (χ2n) is 8.69. The Morgan fingerprint density at radius 1 is 1.22 bits per heavy atom. The number of carbonyl (C=O) groups excluding carboxylic acids is 2. The first-order valence-corrected chi connectivity index (χ1v) is 11.3. The quantitative estimate of drug-likeness (QED) is 0.710. The smallest absolute Gasteiger partial charge is 0.279 e. The summed E-state index contributed by atoms with van der Waals surface area (Å²) in [6, 6.07) is 5.09. The molecule has 0 spiro atoms. The lowest BCUT2D eigenvalue weighted by atomic mass is 9.82. The van der Waals surface area contributed by atoms with Crippen molar-refractivity contribution in [3.63, 3.8) is 0 Å². The van der Waals surface area contributed by atoms with Crippen molar-refractivity contribution in [2.45, 2.75) is 44.6 Å². The Hall–Kier alpha value is -2.97. The van der Waals surface area contributed by atoms with Gasteiger partial charge in [0.15, 0.2) is 17.3 Å². The molecule has 172 valence electrons. The summed E-state index contributed by atoms with van der Waals surface area (Å²) in [6.45, 7) is 0.736. The van der Waals surface area contributed by atoms with E-state index in [1.807, 2.05) is 4.90 Å². The van der Waals surface area contributed by atoms with E-state index >= 15 is 0 Å². The molecule has 32 heavy (non-hydrogen) atoms. The van der Waals surface area contributed by atoms with Gasteiger partial charge >= 0.3 is 0 Å². The number of ether oxygens (including phenoxy) is 1. The predicted octanol–water partition coefficient (Wildman–Crippen LogP) is 3.21. The molecule has 2 amide bonds. The summed E-state index contributed by atoms with van der Waals surface area (Å²) in [4.78, 5) is 31.9. The van der Waals surface area contributed by atoms with Crippen molar-refractivity contribution < 1.29 is 18.7 Å². The van der Waals surface area contributed by atoms with Gasteiger partial charge in [0.2, 0.25) is 5.91 Å². The van der Waals surface area contributed by atoms with Crippen LogP contribution >= 0.6 is 0 Å². The molecule has 8 nitrogen and oxygen atoms in total. The summed E-state index contributed by atoms with van der Waals surface area (Å²) in [5.74, 6) is 0.665. The maximum absolute atomic E-state index is 13.1. The number of halogens is 1. The Morgan fingerprint density at radius 3 is 2.75 bits per heavy atom. The van der Waals surface area contributed by atoms with E-state index < -0.39 is 5.91 Å². The summed E-state index contributed by atoms with van der Waals surface area (Å²) in [6.07, 6.45) is 8.16. The topological polar surface area (TPSA) is 89.4 Å². The van der Waals surface area contributed by atoms with Crippen LogP contribution < -0.4 is 10.1 Å². The number of rotatable bonds is 7. The fourth-order valence-corrected chi connectivity index (χ4v) is 4.62. The number of carbonyl (C=O) groups is 2. The number of alkyl halides is 1. The fraction of sp³-hybridized carbons (Fsp3) is 0.565. The molecule has 9 heteroatoms. The zero-order valence-corrected chi connectivity index (χ0v) is 18.4. The average Bonchev–Trinajstić information content (AvgIpc) is 3.46. The molecule has 2 fully saturated rings. The number of nitrogens with zero attached hydrogens (tertiary/aromatic N) is 4. The molecule has 0 radical (unpaired) electrons. The lowest BCUT2D eigenvalue weighted by molar-refractivity contribution is -0.138. The molecular formula is C23H30FN5O3. The van der Waals surface area contributed by atoms with Crippen LogP contribution in [0, 0.1) is 11.8 Å². The van der Waals surface area contributed by atoms with Gasteiger partial charge in [-0.15, -0.1) is 0 Å². The van der Waals surface area contributed by atoms with E-state index in [2.05, 4.69) is 15.4 Å². The molecule has 0 aromatic carbocycles. The van der Waals surface area contributed by atoms with Crippen LogP contribution in [0.1, 0.15) is 49.0 Å². The molecule has 2 aromatic heterocycles. The molecule has 1 aliphatic heterocycles. The van der Waals surface area contributed by atoms with E-state index in [1.54, 1.807) is 42.3 Å². The third-order valence-corrected chi connectivity index (χ3v) is 6.45. The van der Waals surface area contributed by atoms with Crippen molar-refractivity contribution in [2.24, 2.45) is 18.9 Å². The molecule has 1 N–H and O–H groups in total. The molecule has 0 unspecified atom stereocenters. The predicted molar refractivity (Wildman–Crippen MR) is 117 cm³/mol. The Bertz CT molecular complexity index is 941. The van der Waals surface area contributed by atoms with Crippen molar-refractivity contribution >= 4 is 17.6 Å². The van der Waals surface area contributed by atoms with Crippen LogP contribution in [0.4, 0.5) is 10.2 Å². The highest BCUT2D eigenvalue weighted by molar-refractivity contribution is 6.04. The zero-order chi connectivity index (χ0) is 22.5. The summed E-state index contributed by atoms with van der Waals surface area (Å²) in [5.41, 5.74) is 0.179. The second kappa shape index (κ2) is 10.1. The number of nitrogens with one attached hydrogen (secondary N) is 1. The molecule has 0 bridgehead atoms.